The molecular weight excluding hydrogens is 430 g/mol. The Balaban J connectivity index is 1.39. The van der Waals surface area contributed by atoms with Gasteiger partial charge in [-0.15, -0.1) is 0 Å². The summed E-state index contributed by atoms with van der Waals surface area (Å²) < 4.78 is 5.98. The van der Waals surface area contributed by atoms with E-state index in [9.17, 15) is 19.7 Å². The van der Waals surface area contributed by atoms with E-state index in [1.807, 2.05) is 12.1 Å². The number of nitro groups is 1. The fraction of sp³-hybridized carbons (Fsp3) is 0. The normalized spacial score (nSPS) is 11.0. The number of nitrogens with one attached hydrogen (secondary N) is 1. The Kier molecular flexibility index (Phi) is 4.72. The molecule has 1 amide bonds. The Morgan fingerprint density at radius 3 is 2.59 bits per heavy atom. The van der Waals surface area contributed by atoms with E-state index in [0.29, 0.717) is 37.6 Å². The second-order valence-corrected chi connectivity index (χ2v) is 7.98. The fourth-order valence-electron chi connectivity index (χ4n) is 3.31. The molecule has 1 N–H and O–H groups in total. The van der Waals surface area contributed by atoms with Gasteiger partial charge in [-0.1, -0.05) is 41.7 Å². The smallest absolute Gasteiger partial charge is 0.344 e. The molecule has 2 heterocycles. The Bertz CT molecular complexity index is 1570. The molecule has 156 valence electrons. The minimum atomic E-state index is -0.477. The maximum Gasteiger partial charge on any atom is 0.344 e. The number of para-hydroxylation sites is 1. The van der Waals surface area contributed by atoms with Gasteiger partial charge >= 0.3 is 5.63 Å². The molecule has 9 heteroatoms. The van der Waals surface area contributed by atoms with Gasteiger partial charge in [-0.25, -0.2) is 9.78 Å². The zero-order chi connectivity index (χ0) is 22.2. The van der Waals surface area contributed by atoms with Crippen molar-refractivity contribution < 1.29 is 14.1 Å². The van der Waals surface area contributed by atoms with Crippen molar-refractivity contribution in [2.24, 2.45) is 0 Å². The molecule has 0 atom stereocenters. The summed E-state index contributed by atoms with van der Waals surface area (Å²) in [5.41, 5.74) is 2.01. The number of anilines is 1. The number of nitrogens with zero attached hydrogens (tertiary/aromatic N) is 2. The summed E-state index contributed by atoms with van der Waals surface area (Å²) >= 11 is 1.15. The van der Waals surface area contributed by atoms with Gasteiger partial charge in [0.2, 0.25) is 0 Å². The van der Waals surface area contributed by atoms with Gasteiger partial charge in [0.25, 0.3) is 11.6 Å². The van der Waals surface area contributed by atoms with Crippen LogP contribution in [0.3, 0.4) is 0 Å². The quantitative estimate of drug-likeness (QED) is 0.231. The molecule has 0 unspecified atom stereocenters. The predicted molar refractivity (Wildman–Crippen MR) is 122 cm³/mol. The molecule has 0 spiro atoms. The maximum absolute atomic E-state index is 12.6. The molecule has 0 saturated heterocycles. The maximum atomic E-state index is 12.6. The standard InChI is InChI=1S/C23H13N3O5S/c27-21(25-23-24-18-10-9-16(26(29)30)12-20(18)32-23)14-7-5-13(6-8-14)17-11-15-3-1-2-4-19(15)31-22(17)28/h1-12H,(H,24,25,27). The van der Waals surface area contributed by atoms with Crippen LogP contribution in [0.2, 0.25) is 0 Å². The molecule has 2 aromatic heterocycles. The van der Waals surface area contributed by atoms with Crippen LogP contribution in [-0.2, 0) is 0 Å². The molecule has 5 aromatic rings. The first kappa shape index (κ1) is 19.6. The van der Waals surface area contributed by atoms with Crippen molar-refractivity contribution in [2.75, 3.05) is 5.32 Å². The van der Waals surface area contributed by atoms with Gasteiger partial charge in [0, 0.05) is 23.1 Å². The number of benzene rings is 3. The van der Waals surface area contributed by atoms with Crippen molar-refractivity contribution in [3.05, 3.63) is 98.9 Å². The van der Waals surface area contributed by atoms with Gasteiger partial charge in [0.05, 0.1) is 20.7 Å². The molecule has 8 nitrogen and oxygen atoms in total. The average molecular weight is 443 g/mol. The lowest BCUT2D eigenvalue weighted by Crippen LogP contribution is -2.11. The zero-order valence-electron chi connectivity index (χ0n) is 16.3. The highest BCUT2D eigenvalue weighted by atomic mass is 32.1. The Labute approximate surface area is 183 Å². The molecule has 0 bridgehead atoms. The first-order valence-corrected chi connectivity index (χ1v) is 10.3. The lowest BCUT2D eigenvalue weighted by molar-refractivity contribution is -0.384. The highest BCUT2D eigenvalue weighted by Crippen LogP contribution is 2.29. The summed E-state index contributed by atoms with van der Waals surface area (Å²) in [7, 11) is 0. The van der Waals surface area contributed by atoms with Crippen molar-refractivity contribution >= 4 is 49.2 Å². The average Bonchev–Trinajstić information content (AvgIpc) is 3.20. The minimum Gasteiger partial charge on any atom is -0.422 e. The fourth-order valence-corrected chi connectivity index (χ4v) is 4.21. The largest absolute Gasteiger partial charge is 0.422 e. The lowest BCUT2D eigenvalue weighted by Gasteiger charge is -2.05. The van der Waals surface area contributed by atoms with Crippen LogP contribution in [0.5, 0.6) is 0 Å². The first-order valence-electron chi connectivity index (χ1n) is 9.47. The topological polar surface area (TPSA) is 115 Å². The number of rotatable bonds is 4. The van der Waals surface area contributed by atoms with Gasteiger partial charge in [-0.2, -0.15) is 0 Å². The van der Waals surface area contributed by atoms with Crippen LogP contribution in [0.1, 0.15) is 10.4 Å². The van der Waals surface area contributed by atoms with E-state index < -0.39 is 10.5 Å². The number of hydrogen-bond donors (Lipinski definition) is 1. The number of aromatic nitrogens is 1. The second-order valence-electron chi connectivity index (χ2n) is 6.94. The van der Waals surface area contributed by atoms with Crippen LogP contribution in [0.25, 0.3) is 32.3 Å². The van der Waals surface area contributed by atoms with Gasteiger partial charge in [0.15, 0.2) is 5.13 Å². The van der Waals surface area contributed by atoms with Crippen molar-refractivity contribution in [3.63, 3.8) is 0 Å². The van der Waals surface area contributed by atoms with Gasteiger partial charge in [-0.05, 0) is 35.9 Å². The monoisotopic (exact) mass is 443 g/mol. The highest BCUT2D eigenvalue weighted by molar-refractivity contribution is 7.22. The molecule has 5 rings (SSSR count). The SMILES string of the molecule is O=C(Nc1nc2ccc([N+](=O)[O-])cc2s1)c1ccc(-c2cc3ccccc3oc2=O)cc1. The van der Waals surface area contributed by atoms with E-state index >= 15 is 0 Å². The lowest BCUT2D eigenvalue weighted by atomic mass is 10.0. The van der Waals surface area contributed by atoms with Crippen molar-refractivity contribution in [3.8, 4) is 11.1 Å². The predicted octanol–water partition coefficient (Wildman–Crippen LogP) is 5.23. The van der Waals surface area contributed by atoms with Crippen molar-refractivity contribution in [1.82, 2.24) is 4.98 Å². The molecule has 0 fully saturated rings. The summed E-state index contributed by atoms with van der Waals surface area (Å²) in [6.07, 6.45) is 0. The number of non-ortho nitro benzene ring substituents is 1. The van der Waals surface area contributed by atoms with Crippen LogP contribution < -0.4 is 10.9 Å². The van der Waals surface area contributed by atoms with Crippen LogP contribution in [0.4, 0.5) is 10.8 Å². The first-order chi connectivity index (χ1) is 15.5. The number of fused-ring (bicyclic) bond motifs is 2. The van der Waals surface area contributed by atoms with Crippen molar-refractivity contribution in [2.45, 2.75) is 0 Å². The summed E-state index contributed by atoms with van der Waals surface area (Å²) in [6.45, 7) is 0. The molecule has 0 aliphatic rings. The highest BCUT2D eigenvalue weighted by Gasteiger charge is 2.14. The van der Waals surface area contributed by atoms with E-state index in [-0.39, 0.29) is 11.6 Å². The molecule has 32 heavy (non-hydrogen) atoms. The number of carbonyl (C=O) groups is 1. The number of hydrogen-bond acceptors (Lipinski definition) is 7. The third-order valence-corrected chi connectivity index (χ3v) is 5.84. The second kappa shape index (κ2) is 7.71. The van der Waals surface area contributed by atoms with Crippen LogP contribution >= 0.6 is 11.3 Å². The summed E-state index contributed by atoms with van der Waals surface area (Å²) in [5.74, 6) is -0.379. The molecular formula is C23H13N3O5S. The molecule has 0 aliphatic carbocycles. The molecule has 3 aromatic carbocycles. The van der Waals surface area contributed by atoms with Gasteiger partial charge < -0.3 is 4.42 Å². The van der Waals surface area contributed by atoms with Crippen LogP contribution in [-0.4, -0.2) is 15.8 Å². The minimum absolute atomic E-state index is 0.0345. The molecule has 0 aliphatic heterocycles. The Morgan fingerprint density at radius 2 is 1.81 bits per heavy atom. The summed E-state index contributed by atoms with van der Waals surface area (Å²) in [5, 5.41) is 14.8. The van der Waals surface area contributed by atoms with E-state index in [0.717, 1.165) is 16.7 Å². The summed E-state index contributed by atoms with van der Waals surface area (Å²) in [6, 6.07) is 19.9. The number of carbonyl (C=O) groups excluding carboxylic acids is 1. The number of nitro benzene ring substituents is 1. The third-order valence-electron chi connectivity index (χ3n) is 4.90. The third kappa shape index (κ3) is 3.61. The Hall–Kier alpha value is -4.37. The van der Waals surface area contributed by atoms with E-state index in [1.54, 1.807) is 48.5 Å². The zero-order valence-corrected chi connectivity index (χ0v) is 17.1. The van der Waals surface area contributed by atoms with E-state index in [2.05, 4.69) is 10.3 Å². The molecule has 0 radical (unpaired) electrons. The van der Waals surface area contributed by atoms with E-state index in [1.165, 1.54) is 12.1 Å². The Morgan fingerprint density at radius 1 is 1.03 bits per heavy atom. The van der Waals surface area contributed by atoms with Gasteiger partial charge in [-0.3, -0.25) is 20.2 Å². The molecule has 0 saturated carbocycles. The van der Waals surface area contributed by atoms with Gasteiger partial charge in [0.1, 0.15) is 5.58 Å². The van der Waals surface area contributed by atoms with Crippen LogP contribution in [0.15, 0.2) is 82.0 Å². The number of thiazole rings is 1. The van der Waals surface area contributed by atoms with Crippen LogP contribution in [0, 0.1) is 10.1 Å². The number of amides is 1. The van der Waals surface area contributed by atoms with Crippen molar-refractivity contribution in [1.29, 1.82) is 0 Å². The van der Waals surface area contributed by atoms with E-state index in [4.69, 9.17) is 4.42 Å². The summed E-state index contributed by atoms with van der Waals surface area (Å²) in [4.78, 5) is 39.7.